The smallest absolute Gasteiger partial charge is 0.151 e. The van der Waals surface area contributed by atoms with Crippen molar-refractivity contribution in [1.29, 1.82) is 0 Å². The molecule has 0 saturated heterocycles. The van der Waals surface area contributed by atoms with E-state index in [4.69, 9.17) is 4.74 Å². The molecule has 1 fully saturated rings. The number of nitrogens with zero attached hydrogens (tertiary/aromatic N) is 3. The largest absolute Gasteiger partial charge is 0.496 e. The van der Waals surface area contributed by atoms with Crippen molar-refractivity contribution >= 4 is 11.3 Å². The van der Waals surface area contributed by atoms with Crippen molar-refractivity contribution < 1.29 is 9.84 Å². The van der Waals surface area contributed by atoms with Crippen molar-refractivity contribution in [2.75, 3.05) is 7.11 Å². The number of aromatic nitrogens is 3. The molecule has 1 N–H and O–H groups in total. The van der Waals surface area contributed by atoms with Crippen molar-refractivity contribution in [2.45, 2.75) is 37.8 Å². The summed E-state index contributed by atoms with van der Waals surface area (Å²) in [7, 11) is 1.68. The Balaban J connectivity index is 1.64. The summed E-state index contributed by atoms with van der Waals surface area (Å²) in [6, 6.07) is 8.33. The normalized spacial score (nSPS) is 20.6. The van der Waals surface area contributed by atoms with Crippen LogP contribution in [0.25, 0.3) is 21.3 Å². The first kappa shape index (κ1) is 16.3. The van der Waals surface area contributed by atoms with E-state index in [1.165, 1.54) is 0 Å². The van der Waals surface area contributed by atoms with Crippen LogP contribution < -0.4 is 4.74 Å². The van der Waals surface area contributed by atoms with Crippen LogP contribution in [-0.4, -0.2) is 32.9 Å². The molecule has 0 bridgehead atoms. The van der Waals surface area contributed by atoms with Gasteiger partial charge in [0.15, 0.2) is 5.82 Å². The number of imidazole rings is 1. The molecule has 0 amide bonds. The molecule has 4 rings (SSSR count). The topological polar surface area (TPSA) is 60.2 Å². The Morgan fingerprint density at radius 1 is 1.16 bits per heavy atom. The Morgan fingerprint density at radius 3 is 2.76 bits per heavy atom. The Morgan fingerprint density at radius 2 is 1.96 bits per heavy atom. The molecule has 6 heteroatoms. The molecule has 130 valence electrons. The summed E-state index contributed by atoms with van der Waals surface area (Å²) >= 11 is 1.63. The number of aliphatic hydroxyl groups excluding tert-OH is 1. The first-order chi connectivity index (χ1) is 12.3. The first-order valence-corrected chi connectivity index (χ1v) is 9.38. The minimum absolute atomic E-state index is 0.149. The highest BCUT2D eigenvalue weighted by molar-refractivity contribution is 7.18. The summed E-state index contributed by atoms with van der Waals surface area (Å²) < 4.78 is 7.69. The summed E-state index contributed by atoms with van der Waals surface area (Å²) in [5.41, 5.74) is 1.00. The van der Waals surface area contributed by atoms with Crippen molar-refractivity contribution in [3.8, 4) is 27.0 Å². The molecule has 3 aromatic rings. The standard InChI is InChI=1S/C19H21N3O2S/c1-24-16-5-3-2-4-15(16)19-21-12-17(25-19)18-20-10-11-22(18)13-6-8-14(23)9-7-13/h2-5,10-14,23H,6-9H2,1H3. The number of para-hydroxylation sites is 1. The molecule has 0 atom stereocenters. The average molecular weight is 355 g/mol. The summed E-state index contributed by atoms with van der Waals surface area (Å²) in [4.78, 5) is 10.2. The maximum atomic E-state index is 9.74. The molecule has 1 saturated carbocycles. The van der Waals surface area contributed by atoms with Gasteiger partial charge in [-0.2, -0.15) is 0 Å². The Hall–Kier alpha value is -2.18. The first-order valence-electron chi connectivity index (χ1n) is 8.56. The lowest BCUT2D eigenvalue weighted by atomic mass is 9.93. The van der Waals surface area contributed by atoms with Crippen LogP contribution in [-0.2, 0) is 0 Å². The fourth-order valence-corrected chi connectivity index (χ4v) is 4.41. The van der Waals surface area contributed by atoms with Crippen molar-refractivity contribution in [3.63, 3.8) is 0 Å². The lowest BCUT2D eigenvalue weighted by Gasteiger charge is -2.27. The number of ether oxygens (including phenoxy) is 1. The molecular weight excluding hydrogens is 334 g/mol. The highest BCUT2D eigenvalue weighted by Gasteiger charge is 2.23. The van der Waals surface area contributed by atoms with E-state index >= 15 is 0 Å². The second-order valence-electron chi connectivity index (χ2n) is 6.35. The van der Waals surface area contributed by atoms with Crippen LogP contribution in [0.1, 0.15) is 31.7 Å². The molecule has 1 aromatic carbocycles. The van der Waals surface area contributed by atoms with Gasteiger partial charge in [0.1, 0.15) is 10.8 Å². The van der Waals surface area contributed by atoms with E-state index in [9.17, 15) is 5.11 Å². The summed E-state index contributed by atoms with van der Waals surface area (Å²) in [5.74, 6) is 1.79. The fraction of sp³-hybridized carbons (Fsp3) is 0.368. The number of thiazole rings is 1. The summed E-state index contributed by atoms with van der Waals surface area (Å²) in [5, 5.41) is 10.7. The number of hydrogen-bond donors (Lipinski definition) is 1. The third-order valence-corrected chi connectivity index (χ3v) is 5.82. The van der Waals surface area contributed by atoms with E-state index in [0.717, 1.165) is 52.7 Å². The molecule has 1 aliphatic rings. The Bertz CT molecular complexity index is 850. The number of aliphatic hydroxyl groups is 1. The maximum Gasteiger partial charge on any atom is 0.151 e. The summed E-state index contributed by atoms with van der Waals surface area (Å²) in [6.45, 7) is 0. The zero-order chi connectivity index (χ0) is 17.2. The van der Waals surface area contributed by atoms with Gasteiger partial charge in [-0.3, -0.25) is 0 Å². The third kappa shape index (κ3) is 3.19. The van der Waals surface area contributed by atoms with E-state index in [1.807, 2.05) is 42.9 Å². The molecule has 0 spiro atoms. The number of methoxy groups -OCH3 is 1. The van der Waals surface area contributed by atoms with Gasteiger partial charge in [0.2, 0.25) is 0 Å². The molecular formula is C19H21N3O2S. The van der Waals surface area contributed by atoms with Crippen LogP contribution in [0, 0.1) is 0 Å². The minimum atomic E-state index is -0.149. The SMILES string of the molecule is COc1ccccc1-c1ncc(-c2nccn2C2CCC(O)CC2)s1. The molecule has 0 radical (unpaired) electrons. The molecule has 1 aliphatic carbocycles. The molecule has 0 unspecified atom stereocenters. The van der Waals surface area contributed by atoms with Crippen molar-refractivity contribution in [2.24, 2.45) is 0 Å². The van der Waals surface area contributed by atoms with Crippen LogP contribution in [0.2, 0.25) is 0 Å². The quantitative estimate of drug-likeness (QED) is 0.763. The van der Waals surface area contributed by atoms with Crippen LogP contribution >= 0.6 is 11.3 Å². The predicted octanol–water partition coefficient (Wildman–Crippen LogP) is 4.16. The molecule has 25 heavy (non-hydrogen) atoms. The maximum absolute atomic E-state index is 9.74. The Labute approximate surface area is 151 Å². The number of benzene rings is 1. The Kier molecular flexibility index (Phi) is 4.55. The van der Waals surface area contributed by atoms with Gasteiger partial charge in [0.05, 0.1) is 23.7 Å². The van der Waals surface area contributed by atoms with Crippen LogP contribution in [0.4, 0.5) is 0 Å². The van der Waals surface area contributed by atoms with E-state index < -0.39 is 0 Å². The molecule has 0 aliphatic heterocycles. The van der Waals surface area contributed by atoms with E-state index in [-0.39, 0.29) is 6.10 Å². The minimum Gasteiger partial charge on any atom is -0.496 e. The van der Waals surface area contributed by atoms with Gasteiger partial charge in [-0.05, 0) is 37.8 Å². The van der Waals surface area contributed by atoms with Crippen LogP contribution in [0.3, 0.4) is 0 Å². The van der Waals surface area contributed by atoms with Crippen LogP contribution in [0.5, 0.6) is 5.75 Å². The second kappa shape index (κ2) is 6.98. The van der Waals surface area contributed by atoms with Crippen LogP contribution in [0.15, 0.2) is 42.9 Å². The summed E-state index contributed by atoms with van der Waals surface area (Å²) in [6.07, 6.45) is 9.33. The average Bonchev–Trinajstić information content (AvgIpc) is 3.31. The van der Waals surface area contributed by atoms with Gasteiger partial charge in [-0.15, -0.1) is 11.3 Å². The highest BCUT2D eigenvalue weighted by atomic mass is 32.1. The van der Waals surface area contributed by atoms with Gasteiger partial charge in [-0.1, -0.05) is 12.1 Å². The van der Waals surface area contributed by atoms with Gasteiger partial charge >= 0.3 is 0 Å². The van der Waals surface area contributed by atoms with Gasteiger partial charge < -0.3 is 14.4 Å². The fourth-order valence-electron chi connectivity index (χ4n) is 3.46. The van der Waals surface area contributed by atoms with Crippen molar-refractivity contribution in [3.05, 3.63) is 42.9 Å². The van der Waals surface area contributed by atoms with E-state index in [1.54, 1.807) is 18.4 Å². The molecule has 2 aromatic heterocycles. The van der Waals surface area contributed by atoms with E-state index in [0.29, 0.717) is 6.04 Å². The van der Waals surface area contributed by atoms with Gasteiger partial charge in [-0.25, -0.2) is 9.97 Å². The zero-order valence-electron chi connectivity index (χ0n) is 14.1. The highest BCUT2D eigenvalue weighted by Crippen LogP contribution is 2.38. The lowest BCUT2D eigenvalue weighted by molar-refractivity contribution is 0.111. The molecule has 2 heterocycles. The predicted molar refractivity (Wildman–Crippen MR) is 98.8 cm³/mol. The zero-order valence-corrected chi connectivity index (χ0v) is 14.9. The third-order valence-electron chi connectivity index (χ3n) is 4.79. The van der Waals surface area contributed by atoms with Crippen molar-refractivity contribution in [1.82, 2.24) is 14.5 Å². The van der Waals surface area contributed by atoms with Gasteiger partial charge in [0, 0.05) is 24.6 Å². The second-order valence-corrected chi connectivity index (χ2v) is 7.38. The molecule has 5 nitrogen and oxygen atoms in total. The monoisotopic (exact) mass is 355 g/mol. The van der Waals surface area contributed by atoms with E-state index in [2.05, 4.69) is 14.5 Å². The lowest BCUT2D eigenvalue weighted by Crippen LogP contribution is -2.21. The number of hydrogen-bond acceptors (Lipinski definition) is 5. The number of rotatable bonds is 4. The van der Waals surface area contributed by atoms with Gasteiger partial charge in [0.25, 0.3) is 0 Å².